The summed E-state index contributed by atoms with van der Waals surface area (Å²) in [5, 5.41) is 1.29. The lowest BCUT2D eigenvalue weighted by Crippen LogP contribution is -2.16. The molecule has 2 nitrogen and oxygen atoms in total. The smallest absolute Gasteiger partial charge is 0.0454 e. The summed E-state index contributed by atoms with van der Waals surface area (Å²) in [6, 6.07) is 19.7. The van der Waals surface area contributed by atoms with Gasteiger partial charge in [-0.3, -0.25) is 0 Å². The van der Waals surface area contributed by atoms with Crippen LogP contribution in [-0.4, -0.2) is 30.5 Å². The van der Waals surface area contributed by atoms with Crippen molar-refractivity contribution in [1.82, 2.24) is 9.88 Å². The summed E-state index contributed by atoms with van der Waals surface area (Å²) in [4.78, 5) is 5.52. The van der Waals surface area contributed by atoms with Gasteiger partial charge in [0.15, 0.2) is 0 Å². The highest BCUT2D eigenvalue weighted by Crippen LogP contribution is 2.30. The molecular weight excluding hydrogens is 256 g/mol. The number of rotatable bonds is 5. The standard InChI is InChI=1S/C19H22N2/c1-21(2)13-11-18(15-6-4-3-5-7-15)16-8-9-19-17(14-16)10-12-20-19/h3-10,12,14,18,20H,11,13H2,1-2H3. The minimum absolute atomic E-state index is 0.452. The van der Waals surface area contributed by atoms with Gasteiger partial charge < -0.3 is 9.88 Å². The van der Waals surface area contributed by atoms with Crippen LogP contribution in [0, 0.1) is 0 Å². The number of H-pyrrole nitrogens is 1. The Balaban J connectivity index is 1.97. The maximum absolute atomic E-state index is 3.27. The lowest BCUT2D eigenvalue weighted by molar-refractivity contribution is 0.390. The molecule has 0 aliphatic heterocycles. The molecule has 0 spiro atoms. The van der Waals surface area contributed by atoms with E-state index in [1.807, 2.05) is 6.20 Å². The first-order valence-corrected chi connectivity index (χ1v) is 7.51. The van der Waals surface area contributed by atoms with Gasteiger partial charge in [0.05, 0.1) is 0 Å². The third-order valence-electron chi connectivity index (χ3n) is 4.05. The summed E-state index contributed by atoms with van der Waals surface area (Å²) < 4.78 is 0. The fraction of sp³-hybridized carbons (Fsp3) is 0.263. The second-order valence-corrected chi connectivity index (χ2v) is 5.88. The number of nitrogens with zero attached hydrogens (tertiary/aromatic N) is 1. The van der Waals surface area contributed by atoms with Crippen LogP contribution in [0.25, 0.3) is 10.9 Å². The fourth-order valence-corrected chi connectivity index (χ4v) is 2.89. The van der Waals surface area contributed by atoms with Crippen molar-refractivity contribution in [2.45, 2.75) is 12.3 Å². The van der Waals surface area contributed by atoms with Crippen LogP contribution in [0.15, 0.2) is 60.8 Å². The van der Waals surface area contributed by atoms with E-state index < -0.39 is 0 Å². The Bertz CT molecular complexity index is 698. The molecule has 108 valence electrons. The topological polar surface area (TPSA) is 19.0 Å². The van der Waals surface area contributed by atoms with Crippen molar-refractivity contribution in [3.8, 4) is 0 Å². The van der Waals surface area contributed by atoms with Gasteiger partial charge in [-0.2, -0.15) is 0 Å². The molecule has 0 saturated carbocycles. The van der Waals surface area contributed by atoms with E-state index in [1.54, 1.807) is 0 Å². The van der Waals surface area contributed by atoms with E-state index in [9.17, 15) is 0 Å². The van der Waals surface area contributed by atoms with E-state index in [1.165, 1.54) is 22.0 Å². The molecule has 2 aromatic carbocycles. The van der Waals surface area contributed by atoms with E-state index in [0.29, 0.717) is 5.92 Å². The Labute approximate surface area is 126 Å². The van der Waals surface area contributed by atoms with Crippen LogP contribution >= 0.6 is 0 Å². The summed E-state index contributed by atoms with van der Waals surface area (Å²) in [5.41, 5.74) is 4.00. The minimum atomic E-state index is 0.452. The Morgan fingerprint density at radius 3 is 2.52 bits per heavy atom. The molecule has 0 fully saturated rings. The molecule has 0 bridgehead atoms. The molecule has 3 rings (SSSR count). The summed E-state index contributed by atoms with van der Waals surface area (Å²) in [7, 11) is 4.27. The van der Waals surface area contributed by atoms with Gasteiger partial charge in [0.1, 0.15) is 0 Å². The molecule has 3 aromatic rings. The average Bonchev–Trinajstić information content (AvgIpc) is 2.96. The number of hydrogen-bond donors (Lipinski definition) is 1. The van der Waals surface area contributed by atoms with Gasteiger partial charge in [0, 0.05) is 17.6 Å². The highest BCUT2D eigenvalue weighted by molar-refractivity contribution is 5.80. The molecule has 2 heteroatoms. The Hall–Kier alpha value is -2.06. The highest BCUT2D eigenvalue weighted by atomic mass is 15.0. The van der Waals surface area contributed by atoms with Crippen LogP contribution < -0.4 is 0 Å². The fourth-order valence-electron chi connectivity index (χ4n) is 2.89. The van der Waals surface area contributed by atoms with Crippen LogP contribution in [-0.2, 0) is 0 Å². The van der Waals surface area contributed by atoms with Gasteiger partial charge in [-0.25, -0.2) is 0 Å². The van der Waals surface area contributed by atoms with Crippen molar-refractivity contribution >= 4 is 10.9 Å². The Kier molecular flexibility index (Phi) is 4.07. The molecule has 1 unspecified atom stereocenters. The average molecular weight is 278 g/mol. The predicted molar refractivity (Wildman–Crippen MR) is 89.8 cm³/mol. The number of aromatic amines is 1. The zero-order valence-corrected chi connectivity index (χ0v) is 12.7. The molecule has 0 radical (unpaired) electrons. The van der Waals surface area contributed by atoms with Crippen molar-refractivity contribution in [2.24, 2.45) is 0 Å². The van der Waals surface area contributed by atoms with E-state index >= 15 is 0 Å². The Morgan fingerprint density at radius 1 is 0.952 bits per heavy atom. The highest BCUT2D eigenvalue weighted by Gasteiger charge is 2.14. The lowest BCUT2D eigenvalue weighted by Gasteiger charge is -2.20. The lowest BCUT2D eigenvalue weighted by atomic mass is 9.88. The van der Waals surface area contributed by atoms with Crippen molar-refractivity contribution < 1.29 is 0 Å². The second kappa shape index (κ2) is 6.15. The molecule has 1 N–H and O–H groups in total. The van der Waals surface area contributed by atoms with Gasteiger partial charge in [-0.15, -0.1) is 0 Å². The molecule has 1 atom stereocenters. The summed E-state index contributed by atoms with van der Waals surface area (Å²) in [5.74, 6) is 0.452. The molecule has 0 saturated heterocycles. The zero-order valence-electron chi connectivity index (χ0n) is 12.7. The Morgan fingerprint density at radius 2 is 1.76 bits per heavy atom. The molecule has 0 aliphatic carbocycles. The molecular formula is C19H22N2. The third-order valence-corrected chi connectivity index (χ3v) is 4.05. The first-order valence-electron chi connectivity index (χ1n) is 7.51. The number of fused-ring (bicyclic) bond motifs is 1. The van der Waals surface area contributed by atoms with Crippen LogP contribution in [0.2, 0.25) is 0 Å². The second-order valence-electron chi connectivity index (χ2n) is 5.88. The van der Waals surface area contributed by atoms with E-state index in [4.69, 9.17) is 0 Å². The predicted octanol–water partition coefficient (Wildman–Crippen LogP) is 4.25. The van der Waals surface area contributed by atoms with E-state index in [-0.39, 0.29) is 0 Å². The maximum atomic E-state index is 3.27. The van der Waals surface area contributed by atoms with Crippen LogP contribution in [0.5, 0.6) is 0 Å². The number of nitrogens with one attached hydrogen (secondary N) is 1. The van der Waals surface area contributed by atoms with Gasteiger partial charge in [-0.05, 0) is 61.8 Å². The monoisotopic (exact) mass is 278 g/mol. The first-order chi connectivity index (χ1) is 10.2. The molecule has 21 heavy (non-hydrogen) atoms. The van der Waals surface area contributed by atoms with Crippen molar-refractivity contribution in [3.63, 3.8) is 0 Å². The van der Waals surface area contributed by atoms with Crippen molar-refractivity contribution in [3.05, 3.63) is 71.9 Å². The quantitative estimate of drug-likeness (QED) is 0.739. The summed E-state index contributed by atoms with van der Waals surface area (Å²) in [6.07, 6.45) is 3.14. The van der Waals surface area contributed by atoms with E-state index in [2.05, 4.69) is 78.6 Å². The minimum Gasteiger partial charge on any atom is -0.361 e. The van der Waals surface area contributed by atoms with Crippen LogP contribution in [0.4, 0.5) is 0 Å². The summed E-state index contributed by atoms with van der Waals surface area (Å²) >= 11 is 0. The maximum Gasteiger partial charge on any atom is 0.0454 e. The van der Waals surface area contributed by atoms with Crippen molar-refractivity contribution in [1.29, 1.82) is 0 Å². The third kappa shape index (κ3) is 3.17. The number of aromatic nitrogens is 1. The van der Waals surface area contributed by atoms with Gasteiger partial charge >= 0.3 is 0 Å². The van der Waals surface area contributed by atoms with Gasteiger partial charge in [-0.1, -0.05) is 36.4 Å². The number of benzene rings is 2. The van der Waals surface area contributed by atoms with Gasteiger partial charge in [0.25, 0.3) is 0 Å². The van der Waals surface area contributed by atoms with Crippen LogP contribution in [0.1, 0.15) is 23.5 Å². The molecule has 1 aromatic heterocycles. The van der Waals surface area contributed by atoms with Gasteiger partial charge in [0.2, 0.25) is 0 Å². The van der Waals surface area contributed by atoms with Crippen LogP contribution in [0.3, 0.4) is 0 Å². The normalized spacial score (nSPS) is 12.9. The molecule has 0 aliphatic rings. The molecule has 0 amide bonds. The molecule has 1 heterocycles. The SMILES string of the molecule is CN(C)CCC(c1ccccc1)c1ccc2[nH]ccc2c1. The van der Waals surface area contributed by atoms with E-state index in [0.717, 1.165) is 13.0 Å². The van der Waals surface area contributed by atoms with Crippen molar-refractivity contribution in [2.75, 3.05) is 20.6 Å². The largest absolute Gasteiger partial charge is 0.361 e. The first kappa shape index (κ1) is 13.9. The zero-order chi connectivity index (χ0) is 14.7. The number of hydrogen-bond acceptors (Lipinski definition) is 1. The summed E-state index contributed by atoms with van der Waals surface area (Å²) in [6.45, 7) is 1.09.